The number of fused-ring (bicyclic) bond motifs is 2. The molecule has 5 aliphatic rings. The molecule has 3 saturated heterocycles. The first-order valence-corrected chi connectivity index (χ1v) is 23.3. The summed E-state index contributed by atoms with van der Waals surface area (Å²) in [5.41, 5.74) is 15.0. The topological polar surface area (TPSA) is 141 Å². The number of hydrogen-bond donors (Lipinski definition) is 0. The average molecular weight is 896 g/mol. The van der Waals surface area contributed by atoms with Crippen LogP contribution in [0.1, 0.15) is 66.2 Å². The molecule has 0 aromatic heterocycles. The number of hydrogen-bond acceptors (Lipinski definition) is 11. The van der Waals surface area contributed by atoms with E-state index in [1.54, 1.807) is 0 Å². The van der Waals surface area contributed by atoms with Gasteiger partial charge in [0.1, 0.15) is 61.0 Å². The normalized spacial score (nSPS) is 31.3. The molecule has 2 saturated carbocycles. The molecule has 3 heterocycles. The van der Waals surface area contributed by atoms with Crippen molar-refractivity contribution in [2.24, 2.45) is 5.11 Å². The van der Waals surface area contributed by atoms with Gasteiger partial charge in [0.2, 0.25) is 0 Å². The highest BCUT2D eigenvalue weighted by molar-refractivity contribution is 5.20. The van der Waals surface area contributed by atoms with Crippen molar-refractivity contribution in [3.05, 3.63) is 190 Å². The van der Waals surface area contributed by atoms with Crippen molar-refractivity contribution in [3.63, 3.8) is 0 Å². The fourth-order valence-electron chi connectivity index (χ4n) is 10.0. The first-order chi connectivity index (χ1) is 32.6. The quantitative estimate of drug-likeness (QED) is 0.0534. The third-order valence-electron chi connectivity index (χ3n) is 13.3. The maximum Gasteiger partial charge on any atom is 0.184 e. The molecule has 0 amide bonds. The predicted molar refractivity (Wildman–Crippen MR) is 242 cm³/mol. The van der Waals surface area contributed by atoms with Crippen LogP contribution in [0.25, 0.3) is 10.4 Å². The summed E-state index contributed by atoms with van der Waals surface area (Å²) in [5, 5.41) is 4.39. The molecule has 5 fully saturated rings. The van der Waals surface area contributed by atoms with E-state index in [4.69, 9.17) is 47.4 Å². The maximum atomic E-state index is 10.3. The molecule has 2 aliphatic carbocycles. The Morgan fingerprint density at radius 2 is 0.970 bits per heavy atom. The summed E-state index contributed by atoms with van der Waals surface area (Å²) in [4.78, 5) is 3.36. The Balaban J connectivity index is 1.03. The zero-order valence-corrected chi connectivity index (χ0v) is 36.9. The Morgan fingerprint density at radius 3 is 1.48 bits per heavy atom. The highest BCUT2D eigenvalue weighted by Gasteiger charge is 2.64. The highest BCUT2D eigenvalue weighted by atomic mass is 16.8. The third-order valence-corrected chi connectivity index (χ3v) is 13.3. The molecule has 5 aromatic rings. The molecule has 1 unspecified atom stereocenters. The molecule has 12 atom stereocenters. The van der Waals surface area contributed by atoms with Crippen molar-refractivity contribution in [2.75, 3.05) is 6.61 Å². The van der Waals surface area contributed by atoms with Crippen molar-refractivity contribution in [2.45, 2.75) is 138 Å². The van der Waals surface area contributed by atoms with E-state index in [0.29, 0.717) is 6.61 Å². The van der Waals surface area contributed by atoms with Gasteiger partial charge in [-0.15, -0.1) is 0 Å². The van der Waals surface area contributed by atoms with Crippen molar-refractivity contribution < 1.29 is 47.4 Å². The van der Waals surface area contributed by atoms with Gasteiger partial charge in [-0.05, 0) is 40.6 Å². The fourth-order valence-corrected chi connectivity index (χ4v) is 10.0. The van der Waals surface area contributed by atoms with Gasteiger partial charge < -0.3 is 47.4 Å². The SMILES string of the molecule is [N-]=[N+]=N[C@H]1[C@H](O[C@@H]2[C@@H](OCc3ccccc3)[C@H](OCc3ccccc3)[C@@H](OCc3ccccc3)[C@H]3OC4(CCCCC4)O[C@@H]23)O[C@@H]2COC(c3ccccc3)O[C@H]2[C@@H]1OCc1ccccc1. The van der Waals surface area contributed by atoms with E-state index in [1.165, 1.54) is 0 Å². The zero-order valence-electron chi connectivity index (χ0n) is 36.9. The van der Waals surface area contributed by atoms with E-state index < -0.39 is 79.3 Å². The van der Waals surface area contributed by atoms with Gasteiger partial charge in [0.25, 0.3) is 0 Å². The fraction of sp³-hybridized carbons (Fsp3) is 0.434. The number of ether oxygens (including phenoxy) is 10. The van der Waals surface area contributed by atoms with Crippen LogP contribution in [-0.2, 0) is 73.8 Å². The molecule has 10 rings (SSSR count). The Hall–Kier alpha value is -4.99. The molecule has 13 heteroatoms. The first-order valence-electron chi connectivity index (χ1n) is 23.3. The monoisotopic (exact) mass is 895 g/mol. The second kappa shape index (κ2) is 21.3. The van der Waals surface area contributed by atoms with Crippen LogP contribution in [0.3, 0.4) is 0 Å². The summed E-state index contributed by atoms with van der Waals surface area (Å²) in [6.07, 6.45) is -3.86. The summed E-state index contributed by atoms with van der Waals surface area (Å²) in [6, 6.07) is 48.7. The minimum atomic E-state index is -1.15. The van der Waals surface area contributed by atoms with E-state index in [9.17, 15) is 5.53 Å². The van der Waals surface area contributed by atoms with Crippen LogP contribution in [0.4, 0.5) is 0 Å². The van der Waals surface area contributed by atoms with Gasteiger partial charge in [-0.25, -0.2) is 0 Å². The lowest BCUT2D eigenvalue weighted by molar-refractivity contribution is -0.364. The molecule has 66 heavy (non-hydrogen) atoms. The lowest BCUT2D eigenvalue weighted by Crippen LogP contribution is -2.68. The molecule has 344 valence electrons. The van der Waals surface area contributed by atoms with Crippen LogP contribution in [-0.4, -0.2) is 79.7 Å². The summed E-state index contributed by atoms with van der Waals surface area (Å²) >= 11 is 0. The van der Waals surface area contributed by atoms with Crippen molar-refractivity contribution >= 4 is 0 Å². The van der Waals surface area contributed by atoms with Gasteiger partial charge in [0.05, 0.1) is 33.0 Å². The third kappa shape index (κ3) is 10.3. The van der Waals surface area contributed by atoms with E-state index in [1.807, 2.05) is 152 Å². The Bertz CT molecular complexity index is 2310. The molecule has 0 radical (unpaired) electrons. The lowest BCUT2D eigenvalue weighted by atomic mass is 9.83. The largest absolute Gasteiger partial charge is 0.370 e. The lowest BCUT2D eigenvalue weighted by Gasteiger charge is -2.51. The van der Waals surface area contributed by atoms with Gasteiger partial charge in [-0.2, -0.15) is 0 Å². The van der Waals surface area contributed by atoms with E-state index in [2.05, 4.69) is 10.0 Å². The Labute approximate surface area is 385 Å². The molecule has 5 aromatic carbocycles. The second-order valence-corrected chi connectivity index (χ2v) is 17.7. The number of azide groups is 1. The van der Waals surface area contributed by atoms with Crippen molar-refractivity contribution in [3.8, 4) is 0 Å². The molecule has 3 aliphatic heterocycles. The van der Waals surface area contributed by atoms with Crippen LogP contribution >= 0.6 is 0 Å². The second-order valence-electron chi connectivity index (χ2n) is 17.7. The summed E-state index contributed by atoms with van der Waals surface area (Å²) in [7, 11) is 0. The smallest absolute Gasteiger partial charge is 0.184 e. The van der Waals surface area contributed by atoms with Gasteiger partial charge in [-0.1, -0.05) is 163 Å². The van der Waals surface area contributed by atoms with Crippen LogP contribution in [0.2, 0.25) is 0 Å². The van der Waals surface area contributed by atoms with Crippen LogP contribution in [0.15, 0.2) is 157 Å². The minimum Gasteiger partial charge on any atom is -0.370 e. The Kier molecular flexibility index (Phi) is 14.5. The average Bonchev–Trinajstić information content (AvgIpc) is 3.74. The number of nitrogens with zero attached hydrogens (tertiary/aromatic N) is 3. The Morgan fingerprint density at radius 1 is 0.515 bits per heavy atom. The first kappa shape index (κ1) is 44.8. The van der Waals surface area contributed by atoms with Crippen molar-refractivity contribution in [1.82, 2.24) is 0 Å². The summed E-state index contributed by atoms with van der Waals surface area (Å²) in [6.45, 7) is 1.23. The van der Waals surface area contributed by atoms with Crippen LogP contribution in [0, 0.1) is 0 Å². The highest BCUT2D eigenvalue weighted by Crippen LogP contribution is 2.49. The molecule has 0 bridgehead atoms. The molecule has 1 spiro atoms. The zero-order chi connectivity index (χ0) is 44.5. The standard InChI is InChI=1S/C53H57N3O10/c54-56-55-42-44(57-31-36-19-7-1-8-20-36)43-41(35-61-51(63-43)40-27-15-5-16-28-40)62-52(42)64-48-46(59-33-38-23-11-3-12-24-38)45(58-32-37-21-9-2-10-22-37)47(60-34-39-25-13-4-14-26-39)49-50(48)66-53(65-49)29-17-6-18-30-53/h1-5,7-16,19-28,41-52H,6,17-18,29-35H2/t41-,42-,43-,44-,45+,46+,47-,48-,49-,50+,51?,52+/m1/s1. The number of rotatable bonds is 16. The molecule has 0 N–H and O–H groups in total. The van der Waals surface area contributed by atoms with E-state index >= 15 is 0 Å². The van der Waals surface area contributed by atoms with Crippen LogP contribution in [0.5, 0.6) is 0 Å². The van der Waals surface area contributed by atoms with E-state index in [0.717, 1.165) is 59.9 Å². The van der Waals surface area contributed by atoms with Gasteiger partial charge in [0.15, 0.2) is 18.4 Å². The molecular formula is C53H57N3O10. The van der Waals surface area contributed by atoms with Crippen molar-refractivity contribution in [1.29, 1.82) is 0 Å². The minimum absolute atomic E-state index is 0.170. The summed E-state index contributed by atoms with van der Waals surface area (Å²) < 4.78 is 69.5. The van der Waals surface area contributed by atoms with Gasteiger partial charge in [-0.3, -0.25) is 0 Å². The van der Waals surface area contributed by atoms with Gasteiger partial charge >= 0.3 is 0 Å². The van der Waals surface area contributed by atoms with Gasteiger partial charge in [0, 0.05) is 23.3 Å². The van der Waals surface area contributed by atoms with E-state index in [-0.39, 0.29) is 26.4 Å². The van der Waals surface area contributed by atoms with Crippen LogP contribution < -0.4 is 0 Å². The summed E-state index contributed by atoms with van der Waals surface area (Å²) in [5.74, 6) is -0.858. The molecule has 13 nitrogen and oxygen atoms in total. The number of benzene rings is 5. The maximum absolute atomic E-state index is 10.3. The molecular weight excluding hydrogens is 839 g/mol. The predicted octanol–water partition coefficient (Wildman–Crippen LogP) is 9.69.